The van der Waals surface area contributed by atoms with E-state index in [1.807, 2.05) is 15.5 Å². The van der Waals surface area contributed by atoms with Crippen molar-refractivity contribution in [3.8, 4) is 17.5 Å². The Morgan fingerprint density at radius 2 is 1.94 bits per heavy atom. The Bertz CT molecular complexity index is 1380. The molecule has 3 aromatic rings. The number of nitrogens with one attached hydrogen (secondary N) is 2. The van der Waals surface area contributed by atoms with Crippen LogP contribution in [0.3, 0.4) is 0 Å². The van der Waals surface area contributed by atoms with Gasteiger partial charge in [0.15, 0.2) is 11.6 Å². The molecule has 13 heteroatoms. The molecule has 1 amide bonds. The molecule has 2 aromatic heterocycles. The van der Waals surface area contributed by atoms with Gasteiger partial charge in [-0.15, -0.1) is 0 Å². The summed E-state index contributed by atoms with van der Waals surface area (Å²) in [5, 5.41) is 0. The van der Waals surface area contributed by atoms with Gasteiger partial charge < -0.3 is 9.47 Å². The van der Waals surface area contributed by atoms with Crippen molar-refractivity contribution in [3.05, 3.63) is 65.9 Å². The number of anilines is 1. The predicted molar refractivity (Wildman–Crippen MR) is 121 cm³/mol. The number of pyridine rings is 1. The van der Waals surface area contributed by atoms with Crippen LogP contribution in [-0.2, 0) is 22.3 Å². The molecule has 0 bridgehead atoms. The normalized spacial score (nSPS) is 16.3. The fourth-order valence-corrected chi connectivity index (χ4v) is 4.74. The first-order valence-corrected chi connectivity index (χ1v) is 12.2. The molecular weight excluding hydrogens is 479 g/mol. The quantitative estimate of drug-likeness (QED) is 0.505. The molecule has 0 radical (unpaired) electrons. The van der Waals surface area contributed by atoms with Gasteiger partial charge in [-0.25, -0.2) is 28.9 Å². The second-order valence-electron chi connectivity index (χ2n) is 8.07. The third-order valence-corrected chi connectivity index (χ3v) is 7.12. The Kier molecular flexibility index (Phi) is 5.73. The molecule has 1 spiro atoms. The van der Waals surface area contributed by atoms with Crippen LogP contribution in [-0.4, -0.2) is 41.4 Å². The maximum atomic E-state index is 15.1. The van der Waals surface area contributed by atoms with Crippen molar-refractivity contribution in [1.29, 1.82) is 0 Å². The topological polar surface area (TPSA) is 136 Å². The molecule has 0 saturated heterocycles. The van der Waals surface area contributed by atoms with Gasteiger partial charge in [0.05, 0.1) is 12.1 Å². The molecule has 1 aromatic carbocycles. The van der Waals surface area contributed by atoms with Gasteiger partial charge in [0.2, 0.25) is 0 Å². The standard InChI is InChI=1S/C22H21FN6O5S/c1-24-35(31,32)28-19-18(23)14(6-11-25-19)13-29-21(30)34-17-12-15(33-20-26-9-3-10-27-20)4-5-16(17)22(29)7-2-8-22/h3-6,9-12,24H,2,7-8,13H2,1H3,(H,25,28). The van der Waals surface area contributed by atoms with Gasteiger partial charge in [0.25, 0.3) is 10.2 Å². The lowest BCUT2D eigenvalue weighted by Gasteiger charge is -2.52. The van der Waals surface area contributed by atoms with E-state index < -0.39 is 33.5 Å². The largest absolute Gasteiger partial charge is 0.424 e. The second kappa shape index (κ2) is 8.74. The molecule has 1 aliphatic heterocycles. The number of hydrogen-bond donors (Lipinski definition) is 2. The fraction of sp³-hybridized carbons (Fsp3) is 0.273. The highest BCUT2D eigenvalue weighted by molar-refractivity contribution is 7.90. The highest BCUT2D eigenvalue weighted by Gasteiger charge is 2.52. The minimum atomic E-state index is -3.97. The Morgan fingerprint density at radius 3 is 2.63 bits per heavy atom. The number of carbonyl (C=O) groups is 1. The van der Waals surface area contributed by atoms with E-state index >= 15 is 4.39 Å². The number of fused-ring (bicyclic) bond motifs is 2. The average Bonchev–Trinajstić information content (AvgIpc) is 2.81. The molecule has 1 aliphatic carbocycles. The summed E-state index contributed by atoms with van der Waals surface area (Å²) >= 11 is 0. The van der Waals surface area contributed by atoms with Crippen molar-refractivity contribution in [1.82, 2.24) is 24.6 Å². The second-order valence-corrected chi connectivity index (χ2v) is 9.69. The lowest BCUT2D eigenvalue weighted by molar-refractivity contribution is 0.00112. The maximum Gasteiger partial charge on any atom is 0.416 e. The van der Waals surface area contributed by atoms with E-state index in [1.54, 1.807) is 30.6 Å². The molecule has 0 unspecified atom stereocenters. The molecular formula is C22H21FN6O5S. The first-order valence-electron chi connectivity index (χ1n) is 10.7. The molecule has 182 valence electrons. The predicted octanol–water partition coefficient (Wildman–Crippen LogP) is 3.07. The van der Waals surface area contributed by atoms with Crippen LogP contribution in [0.15, 0.2) is 48.9 Å². The van der Waals surface area contributed by atoms with E-state index in [0.717, 1.165) is 12.0 Å². The van der Waals surface area contributed by atoms with Crippen molar-refractivity contribution < 1.29 is 27.1 Å². The van der Waals surface area contributed by atoms with Crippen LogP contribution in [0, 0.1) is 5.82 Å². The molecule has 11 nitrogen and oxygen atoms in total. The zero-order valence-corrected chi connectivity index (χ0v) is 19.4. The Hall–Kier alpha value is -3.84. The number of nitrogens with zero attached hydrogens (tertiary/aromatic N) is 4. The van der Waals surface area contributed by atoms with E-state index in [-0.39, 0.29) is 18.1 Å². The fourth-order valence-electron chi connectivity index (χ4n) is 4.24. The molecule has 5 rings (SSSR count). The monoisotopic (exact) mass is 500 g/mol. The summed E-state index contributed by atoms with van der Waals surface area (Å²) in [7, 11) is -2.78. The first kappa shape index (κ1) is 22.9. The van der Waals surface area contributed by atoms with Crippen LogP contribution in [0.1, 0.15) is 30.4 Å². The molecule has 1 saturated carbocycles. The van der Waals surface area contributed by atoms with E-state index in [1.165, 1.54) is 24.2 Å². The van der Waals surface area contributed by atoms with Crippen molar-refractivity contribution in [3.63, 3.8) is 0 Å². The van der Waals surface area contributed by atoms with Gasteiger partial charge in [0, 0.05) is 42.8 Å². The van der Waals surface area contributed by atoms with Gasteiger partial charge in [-0.1, -0.05) is 0 Å². The van der Waals surface area contributed by atoms with E-state index in [4.69, 9.17) is 9.47 Å². The molecule has 1 fully saturated rings. The highest BCUT2D eigenvalue weighted by atomic mass is 32.2. The highest BCUT2D eigenvalue weighted by Crippen LogP contribution is 2.53. The van der Waals surface area contributed by atoms with Crippen LogP contribution in [0.5, 0.6) is 17.5 Å². The molecule has 35 heavy (non-hydrogen) atoms. The zero-order valence-electron chi connectivity index (χ0n) is 18.6. The number of ether oxygens (including phenoxy) is 2. The third kappa shape index (κ3) is 4.23. The molecule has 0 atom stereocenters. The third-order valence-electron chi connectivity index (χ3n) is 6.12. The van der Waals surface area contributed by atoms with E-state index in [9.17, 15) is 13.2 Å². The summed E-state index contributed by atoms with van der Waals surface area (Å²) in [6, 6.07) is 8.40. The minimum Gasteiger partial charge on any atom is -0.424 e. The van der Waals surface area contributed by atoms with Crippen LogP contribution in [0.2, 0.25) is 0 Å². The first-order chi connectivity index (χ1) is 16.8. The Labute approximate surface area is 200 Å². The van der Waals surface area contributed by atoms with Crippen LogP contribution in [0.25, 0.3) is 0 Å². The number of rotatable bonds is 7. The smallest absolute Gasteiger partial charge is 0.416 e. The number of hydrogen-bond acceptors (Lipinski definition) is 8. The van der Waals surface area contributed by atoms with Crippen molar-refractivity contribution in [2.45, 2.75) is 31.3 Å². The van der Waals surface area contributed by atoms with Gasteiger partial charge in [-0.2, -0.15) is 8.42 Å². The minimum absolute atomic E-state index is 0.0988. The number of amides is 1. The lowest BCUT2D eigenvalue weighted by Crippen LogP contribution is -2.57. The Morgan fingerprint density at radius 1 is 1.17 bits per heavy atom. The summed E-state index contributed by atoms with van der Waals surface area (Å²) in [5.74, 6) is -0.564. The van der Waals surface area contributed by atoms with Gasteiger partial charge in [-0.3, -0.25) is 9.62 Å². The number of carbonyl (C=O) groups excluding carboxylic acids is 1. The molecule has 2 N–H and O–H groups in total. The summed E-state index contributed by atoms with van der Waals surface area (Å²) in [6.45, 7) is -0.128. The van der Waals surface area contributed by atoms with Gasteiger partial charge in [0.1, 0.15) is 11.5 Å². The van der Waals surface area contributed by atoms with Gasteiger partial charge in [-0.05, 0) is 43.5 Å². The summed E-state index contributed by atoms with van der Waals surface area (Å²) < 4.78 is 54.0. The molecule has 3 heterocycles. The lowest BCUT2D eigenvalue weighted by atomic mass is 9.69. The van der Waals surface area contributed by atoms with E-state index in [0.29, 0.717) is 24.3 Å². The van der Waals surface area contributed by atoms with Crippen LogP contribution in [0.4, 0.5) is 15.0 Å². The summed E-state index contributed by atoms with van der Waals surface area (Å²) in [6.07, 6.45) is 5.96. The summed E-state index contributed by atoms with van der Waals surface area (Å²) in [4.78, 5) is 26.4. The summed E-state index contributed by atoms with van der Waals surface area (Å²) in [5.41, 5.74) is 0.212. The Balaban J connectivity index is 1.44. The van der Waals surface area contributed by atoms with Crippen LogP contribution < -0.4 is 18.9 Å². The van der Waals surface area contributed by atoms with Gasteiger partial charge >= 0.3 is 12.1 Å². The van der Waals surface area contributed by atoms with Crippen LogP contribution >= 0.6 is 0 Å². The SMILES string of the molecule is CNS(=O)(=O)Nc1nccc(CN2C(=O)Oc3cc(Oc4ncccn4)ccc3C23CCC3)c1F. The van der Waals surface area contributed by atoms with E-state index in [2.05, 4.69) is 15.0 Å². The average molecular weight is 501 g/mol. The molecule has 2 aliphatic rings. The number of aromatic nitrogens is 3. The maximum absolute atomic E-state index is 15.1. The van der Waals surface area contributed by atoms with Crippen molar-refractivity contribution in [2.75, 3.05) is 11.8 Å². The van der Waals surface area contributed by atoms with Crippen molar-refractivity contribution in [2.24, 2.45) is 0 Å². The zero-order chi connectivity index (χ0) is 24.6. The number of benzene rings is 1. The van der Waals surface area contributed by atoms with Crippen molar-refractivity contribution >= 4 is 22.1 Å². The number of halogens is 1.